The van der Waals surface area contributed by atoms with E-state index >= 15 is 0 Å². The first-order valence-corrected chi connectivity index (χ1v) is 8.25. The smallest absolute Gasteiger partial charge is 0.379 e. The molecule has 0 aliphatic rings. The van der Waals surface area contributed by atoms with Crippen LogP contribution in [0.3, 0.4) is 0 Å². The van der Waals surface area contributed by atoms with E-state index < -0.39 is 28.5 Å². The predicted molar refractivity (Wildman–Crippen MR) is 84.5 cm³/mol. The third-order valence-electron chi connectivity index (χ3n) is 3.07. The fourth-order valence-corrected chi connectivity index (χ4v) is 2.17. The molecule has 128 valence electrons. The van der Waals surface area contributed by atoms with Crippen LogP contribution in [0.4, 0.5) is 13.2 Å². The lowest BCUT2D eigenvalue weighted by Crippen LogP contribution is -2.24. The van der Waals surface area contributed by atoms with Crippen LogP contribution in [0.25, 0.3) is 0 Å². The minimum Gasteiger partial charge on any atom is -0.379 e. The Morgan fingerprint density at radius 3 is 2.08 bits per heavy atom. The minimum absolute atomic E-state index is 0.194. The van der Waals surface area contributed by atoms with E-state index in [1.165, 1.54) is 12.1 Å². The van der Waals surface area contributed by atoms with Gasteiger partial charge in [-0.15, -0.1) is 0 Å². The quantitative estimate of drug-likeness (QED) is 0.491. The molecule has 0 spiro atoms. The van der Waals surface area contributed by atoms with E-state index in [2.05, 4.69) is 9.99 Å². The summed E-state index contributed by atoms with van der Waals surface area (Å²) in [7, 11) is -2.97. The first kappa shape index (κ1) is 18.0. The number of nitrogens with zero attached hydrogens (tertiary/aromatic N) is 1. The van der Waals surface area contributed by atoms with Crippen LogP contribution >= 0.6 is 0 Å². The number of halogens is 3. The second kappa shape index (κ2) is 7.96. The van der Waals surface area contributed by atoms with Crippen LogP contribution < -0.4 is 0 Å². The summed E-state index contributed by atoms with van der Waals surface area (Å²) in [6.07, 6.45) is -4.16. The largest absolute Gasteiger partial charge is 0.437 e. The van der Waals surface area contributed by atoms with Crippen molar-refractivity contribution in [1.29, 1.82) is 0 Å². The molecule has 0 unspecified atom stereocenters. The first-order valence-electron chi connectivity index (χ1n) is 6.88. The standard InChI is InChI=1S/C16H14F3NO3S/c17-16(18,19)15(20-23-11-24(21)22)14-8-6-13(7-9-14)10-12-4-2-1-3-5-12/h1-9,24H,10-11H2. The molecule has 2 aromatic rings. The van der Waals surface area contributed by atoms with Gasteiger partial charge in [0.2, 0.25) is 5.94 Å². The Balaban J connectivity index is 2.19. The molecule has 0 amide bonds. The molecule has 2 aromatic carbocycles. The SMILES string of the molecule is O=[SH](=O)CON=C(c1ccc(Cc2ccccc2)cc1)C(F)(F)F. The summed E-state index contributed by atoms with van der Waals surface area (Å²) in [5.74, 6) is -0.902. The molecule has 0 fully saturated rings. The average Bonchev–Trinajstić information content (AvgIpc) is 2.52. The van der Waals surface area contributed by atoms with Gasteiger partial charge in [0.25, 0.3) is 0 Å². The van der Waals surface area contributed by atoms with Crippen LogP contribution in [0.5, 0.6) is 0 Å². The Kier molecular flexibility index (Phi) is 5.97. The monoisotopic (exact) mass is 357 g/mol. The van der Waals surface area contributed by atoms with Crippen molar-refractivity contribution in [2.45, 2.75) is 12.6 Å². The van der Waals surface area contributed by atoms with E-state index in [-0.39, 0.29) is 5.56 Å². The van der Waals surface area contributed by atoms with Crippen molar-refractivity contribution in [3.05, 3.63) is 71.3 Å². The van der Waals surface area contributed by atoms with Crippen LogP contribution in [-0.4, -0.2) is 26.2 Å². The molecule has 0 bridgehead atoms. The maximum Gasteiger partial charge on any atom is 0.437 e. The number of oxime groups is 1. The molecule has 8 heteroatoms. The highest BCUT2D eigenvalue weighted by Gasteiger charge is 2.37. The highest BCUT2D eigenvalue weighted by atomic mass is 32.2. The van der Waals surface area contributed by atoms with E-state index in [1.54, 1.807) is 12.1 Å². The topological polar surface area (TPSA) is 55.7 Å². The van der Waals surface area contributed by atoms with Gasteiger partial charge >= 0.3 is 6.18 Å². The Morgan fingerprint density at radius 2 is 1.54 bits per heavy atom. The molecule has 2 rings (SSSR count). The first-order chi connectivity index (χ1) is 11.4. The van der Waals surface area contributed by atoms with E-state index in [1.807, 2.05) is 30.3 Å². The van der Waals surface area contributed by atoms with Crippen molar-refractivity contribution in [1.82, 2.24) is 0 Å². The molecule has 0 aliphatic carbocycles. The van der Waals surface area contributed by atoms with Gasteiger partial charge in [-0.05, 0) is 17.5 Å². The van der Waals surface area contributed by atoms with Crippen molar-refractivity contribution in [2.24, 2.45) is 5.16 Å². The van der Waals surface area contributed by atoms with E-state index in [0.29, 0.717) is 6.42 Å². The molecular weight excluding hydrogens is 343 g/mol. The molecule has 0 saturated carbocycles. The number of rotatable bonds is 6. The molecule has 24 heavy (non-hydrogen) atoms. The van der Waals surface area contributed by atoms with Gasteiger partial charge in [-0.3, -0.25) is 0 Å². The van der Waals surface area contributed by atoms with E-state index in [4.69, 9.17) is 0 Å². The maximum atomic E-state index is 13.0. The lowest BCUT2D eigenvalue weighted by atomic mass is 10.0. The van der Waals surface area contributed by atoms with E-state index in [0.717, 1.165) is 11.1 Å². The third kappa shape index (κ3) is 5.38. The zero-order valence-corrected chi connectivity index (χ0v) is 13.3. The molecule has 0 heterocycles. The van der Waals surface area contributed by atoms with Crippen molar-refractivity contribution < 1.29 is 26.4 Å². The van der Waals surface area contributed by atoms with Crippen LogP contribution in [0.15, 0.2) is 59.8 Å². The Labute approximate surface area is 138 Å². The minimum atomic E-state index is -4.75. The molecule has 0 N–H and O–H groups in total. The lowest BCUT2D eigenvalue weighted by Gasteiger charge is -2.10. The Bertz CT molecular complexity index is 761. The predicted octanol–water partition coefficient (Wildman–Crippen LogP) is 3.13. The normalized spacial score (nSPS) is 12.4. The Morgan fingerprint density at radius 1 is 0.958 bits per heavy atom. The van der Waals surface area contributed by atoms with Gasteiger partial charge in [-0.1, -0.05) is 59.8 Å². The fourth-order valence-electron chi connectivity index (χ4n) is 2.02. The van der Waals surface area contributed by atoms with Gasteiger partial charge in [-0.25, -0.2) is 8.42 Å². The highest BCUT2D eigenvalue weighted by Crippen LogP contribution is 2.23. The van der Waals surface area contributed by atoms with Gasteiger partial charge in [0.15, 0.2) is 16.4 Å². The molecule has 0 radical (unpaired) electrons. The van der Waals surface area contributed by atoms with E-state index in [9.17, 15) is 21.6 Å². The fraction of sp³-hybridized carbons (Fsp3) is 0.188. The number of thiol groups is 1. The number of hydrogen-bond donors (Lipinski definition) is 1. The number of hydrogen-bond acceptors (Lipinski definition) is 4. The summed E-state index contributed by atoms with van der Waals surface area (Å²) >= 11 is 0. The van der Waals surface area contributed by atoms with Crippen molar-refractivity contribution in [3.63, 3.8) is 0 Å². The van der Waals surface area contributed by atoms with Crippen LogP contribution in [0.1, 0.15) is 16.7 Å². The second-order valence-electron chi connectivity index (χ2n) is 4.89. The zero-order valence-electron chi connectivity index (χ0n) is 12.4. The Hall–Kier alpha value is -2.35. The molecule has 0 atom stereocenters. The summed E-state index contributed by atoms with van der Waals surface area (Å²) in [5.41, 5.74) is 0.415. The molecule has 0 aromatic heterocycles. The van der Waals surface area contributed by atoms with Gasteiger partial charge in [0, 0.05) is 5.56 Å². The summed E-state index contributed by atoms with van der Waals surface area (Å²) in [5, 5.41) is 2.93. The van der Waals surface area contributed by atoms with Crippen molar-refractivity contribution >= 4 is 16.4 Å². The molecular formula is C16H14F3NO3S. The highest BCUT2D eigenvalue weighted by molar-refractivity contribution is 7.72. The molecule has 4 nitrogen and oxygen atoms in total. The number of alkyl halides is 3. The van der Waals surface area contributed by atoms with Gasteiger partial charge < -0.3 is 4.84 Å². The summed E-state index contributed by atoms with van der Waals surface area (Å²) in [4.78, 5) is 4.24. The maximum absolute atomic E-state index is 13.0. The summed E-state index contributed by atoms with van der Waals surface area (Å²) in [6, 6.07) is 15.2. The van der Waals surface area contributed by atoms with Crippen LogP contribution in [-0.2, 0) is 22.0 Å². The summed E-state index contributed by atoms with van der Waals surface area (Å²) < 4.78 is 59.7. The molecule has 0 saturated heterocycles. The second-order valence-corrected chi connectivity index (χ2v) is 5.81. The third-order valence-corrected chi connectivity index (χ3v) is 3.39. The van der Waals surface area contributed by atoms with Crippen molar-refractivity contribution in [3.8, 4) is 0 Å². The van der Waals surface area contributed by atoms with Gasteiger partial charge in [0.1, 0.15) is 0 Å². The van der Waals surface area contributed by atoms with Gasteiger partial charge in [0.05, 0.1) is 0 Å². The molecule has 0 aliphatic heterocycles. The zero-order chi connectivity index (χ0) is 17.6. The summed E-state index contributed by atoms with van der Waals surface area (Å²) in [6.45, 7) is 0. The van der Waals surface area contributed by atoms with Crippen LogP contribution in [0.2, 0.25) is 0 Å². The lowest BCUT2D eigenvalue weighted by molar-refractivity contribution is -0.0610. The van der Waals surface area contributed by atoms with Crippen molar-refractivity contribution in [2.75, 3.05) is 5.94 Å². The average molecular weight is 357 g/mol. The number of benzene rings is 2. The van der Waals surface area contributed by atoms with Gasteiger partial charge in [-0.2, -0.15) is 13.2 Å². The van der Waals surface area contributed by atoms with Crippen LogP contribution in [0, 0.1) is 0 Å².